The summed E-state index contributed by atoms with van der Waals surface area (Å²) < 4.78 is 0.863. The summed E-state index contributed by atoms with van der Waals surface area (Å²) >= 11 is 3.34. The Morgan fingerprint density at radius 1 is 1.10 bits per heavy atom. The van der Waals surface area contributed by atoms with Crippen LogP contribution in [0.3, 0.4) is 0 Å². The van der Waals surface area contributed by atoms with E-state index in [2.05, 4.69) is 30.9 Å². The number of nitrogens with zero attached hydrogens (tertiary/aromatic N) is 1. The summed E-state index contributed by atoms with van der Waals surface area (Å²) in [5, 5.41) is 9.72. The predicted molar refractivity (Wildman–Crippen MR) is 82.0 cm³/mol. The molecule has 1 heterocycles. The highest BCUT2D eigenvalue weighted by Crippen LogP contribution is 2.22. The number of hydrogen-bond donors (Lipinski definition) is 3. The van der Waals surface area contributed by atoms with E-state index in [9.17, 15) is 9.90 Å². The highest BCUT2D eigenvalue weighted by atomic mass is 79.9. The number of imidazole rings is 1. The van der Waals surface area contributed by atoms with Gasteiger partial charge in [-0.1, -0.05) is 15.9 Å². The number of fused-ring (bicyclic) bond motifs is 1. The van der Waals surface area contributed by atoms with Crippen LogP contribution in [-0.4, -0.2) is 21.3 Å². The number of aromatic nitrogens is 2. The van der Waals surface area contributed by atoms with Gasteiger partial charge in [0.2, 0.25) is 0 Å². The highest BCUT2D eigenvalue weighted by molar-refractivity contribution is 9.10. The number of phenolic OH excluding ortho intramolecular Hbond substituents is 1. The lowest BCUT2D eigenvalue weighted by Crippen LogP contribution is -1.99. The molecule has 0 aliphatic rings. The first kappa shape index (κ1) is 12.7. The summed E-state index contributed by atoms with van der Waals surface area (Å²) in [5.41, 5.74) is 2.49. The molecule has 2 aromatic carbocycles. The molecule has 0 aliphatic carbocycles. The van der Waals surface area contributed by atoms with Crippen molar-refractivity contribution in [3.8, 4) is 5.75 Å². The monoisotopic (exact) mass is 331 g/mol. The van der Waals surface area contributed by atoms with Gasteiger partial charge in [0.15, 0.2) is 0 Å². The van der Waals surface area contributed by atoms with Crippen LogP contribution in [0.15, 0.2) is 50.7 Å². The van der Waals surface area contributed by atoms with Crippen LogP contribution in [0.2, 0.25) is 0 Å². The zero-order valence-corrected chi connectivity index (χ0v) is 11.8. The number of halogens is 1. The summed E-state index contributed by atoms with van der Waals surface area (Å²) in [7, 11) is 0. The van der Waals surface area contributed by atoms with Gasteiger partial charge in [0.05, 0.1) is 16.7 Å². The van der Waals surface area contributed by atoms with Crippen LogP contribution in [0.1, 0.15) is 5.56 Å². The van der Waals surface area contributed by atoms with Gasteiger partial charge in [0, 0.05) is 16.3 Å². The normalized spacial score (nSPS) is 11.4. The van der Waals surface area contributed by atoms with Gasteiger partial charge in [-0.15, -0.1) is 0 Å². The SMILES string of the molecule is O=c1[nH]c2ccc(N=Cc3cc(Br)ccc3O)cc2[nH]1. The van der Waals surface area contributed by atoms with Gasteiger partial charge in [0.25, 0.3) is 0 Å². The summed E-state index contributed by atoms with van der Waals surface area (Å²) in [4.78, 5) is 20.8. The topological polar surface area (TPSA) is 81.2 Å². The van der Waals surface area contributed by atoms with Crippen LogP contribution in [-0.2, 0) is 0 Å². The number of phenols is 1. The third-order valence-electron chi connectivity index (χ3n) is 2.84. The van der Waals surface area contributed by atoms with Gasteiger partial charge < -0.3 is 15.1 Å². The van der Waals surface area contributed by atoms with Crippen LogP contribution < -0.4 is 5.69 Å². The van der Waals surface area contributed by atoms with E-state index in [0.29, 0.717) is 16.8 Å². The number of aromatic amines is 2. The zero-order chi connectivity index (χ0) is 14.1. The van der Waals surface area contributed by atoms with E-state index in [-0.39, 0.29) is 11.4 Å². The Balaban J connectivity index is 1.97. The molecule has 5 nitrogen and oxygen atoms in total. The molecule has 0 aliphatic heterocycles. The Hall–Kier alpha value is -2.34. The molecule has 0 spiro atoms. The number of benzene rings is 2. The van der Waals surface area contributed by atoms with Crippen molar-refractivity contribution in [1.29, 1.82) is 0 Å². The molecule has 6 heteroatoms. The largest absolute Gasteiger partial charge is 0.507 e. The Labute approximate surface area is 122 Å². The number of aliphatic imine (C=N–C) groups is 1. The molecular weight excluding hydrogens is 322 g/mol. The van der Waals surface area contributed by atoms with Gasteiger partial charge in [-0.2, -0.15) is 0 Å². The molecule has 3 aromatic rings. The van der Waals surface area contributed by atoms with Gasteiger partial charge >= 0.3 is 5.69 Å². The fourth-order valence-electron chi connectivity index (χ4n) is 1.87. The molecule has 0 atom stereocenters. The molecule has 0 amide bonds. The molecule has 100 valence electrons. The van der Waals surface area contributed by atoms with Crippen molar-refractivity contribution in [3.05, 3.63) is 56.9 Å². The number of rotatable bonds is 2. The fraction of sp³-hybridized carbons (Fsp3) is 0. The van der Waals surface area contributed by atoms with Crippen LogP contribution in [0, 0.1) is 0 Å². The van der Waals surface area contributed by atoms with Gasteiger partial charge in [-0.3, -0.25) is 4.99 Å². The minimum Gasteiger partial charge on any atom is -0.507 e. The zero-order valence-electron chi connectivity index (χ0n) is 10.2. The maximum absolute atomic E-state index is 11.2. The third-order valence-corrected chi connectivity index (χ3v) is 3.34. The summed E-state index contributed by atoms with van der Waals surface area (Å²) in [6, 6.07) is 10.5. The first-order chi connectivity index (χ1) is 9.61. The molecule has 1 aromatic heterocycles. The number of nitrogens with one attached hydrogen (secondary N) is 2. The van der Waals surface area contributed by atoms with E-state index in [0.717, 1.165) is 9.99 Å². The second kappa shape index (κ2) is 4.97. The lowest BCUT2D eigenvalue weighted by Gasteiger charge is -1.99. The Morgan fingerprint density at radius 3 is 2.75 bits per heavy atom. The quantitative estimate of drug-likeness (QED) is 0.631. The maximum Gasteiger partial charge on any atom is 0.323 e. The lowest BCUT2D eigenvalue weighted by atomic mass is 10.2. The van der Waals surface area contributed by atoms with Gasteiger partial charge in [0.1, 0.15) is 5.75 Å². The van der Waals surface area contributed by atoms with Crippen molar-refractivity contribution in [2.45, 2.75) is 0 Å². The average Bonchev–Trinajstić information content (AvgIpc) is 2.79. The van der Waals surface area contributed by atoms with Gasteiger partial charge in [-0.05, 0) is 36.4 Å². The molecule has 3 rings (SSSR count). The van der Waals surface area contributed by atoms with E-state index in [1.165, 1.54) is 0 Å². The van der Waals surface area contributed by atoms with Crippen LogP contribution in [0.4, 0.5) is 5.69 Å². The van der Waals surface area contributed by atoms with E-state index in [1.807, 2.05) is 0 Å². The summed E-state index contributed by atoms with van der Waals surface area (Å²) in [6.45, 7) is 0. The summed E-state index contributed by atoms with van der Waals surface area (Å²) in [5.74, 6) is 0.160. The molecule has 0 saturated heterocycles. The average molecular weight is 332 g/mol. The van der Waals surface area contributed by atoms with E-state index in [1.54, 1.807) is 42.6 Å². The number of aromatic hydroxyl groups is 1. The third kappa shape index (κ3) is 2.50. The molecule has 0 saturated carbocycles. The molecule has 20 heavy (non-hydrogen) atoms. The first-order valence-electron chi connectivity index (χ1n) is 5.86. The van der Waals surface area contributed by atoms with Crippen LogP contribution in [0.5, 0.6) is 5.75 Å². The molecule has 0 bridgehead atoms. The van der Waals surface area contributed by atoms with Crippen LogP contribution >= 0.6 is 15.9 Å². The second-order valence-electron chi connectivity index (χ2n) is 4.27. The smallest absolute Gasteiger partial charge is 0.323 e. The predicted octanol–water partition coefficient (Wildman–Crippen LogP) is 3.07. The van der Waals surface area contributed by atoms with Gasteiger partial charge in [-0.25, -0.2) is 4.79 Å². The minimum atomic E-state index is -0.245. The first-order valence-corrected chi connectivity index (χ1v) is 6.66. The van der Waals surface area contributed by atoms with Crippen molar-refractivity contribution in [2.24, 2.45) is 4.99 Å². The van der Waals surface area contributed by atoms with Crippen molar-refractivity contribution >= 4 is 38.9 Å². The number of H-pyrrole nitrogens is 2. The van der Waals surface area contributed by atoms with E-state index in [4.69, 9.17) is 0 Å². The van der Waals surface area contributed by atoms with Crippen molar-refractivity contribution in [2.75, 3.05) is 0 Å². The minimum absolute atomic E-state index is 0.160. The molecular formula is C14H10BrN3O2. The second-order valence-corrected chi connectivity index (χ2v) is 5.19. The highest BCUT2D eigenvalue weighted by Gasteiger charge is 2.00. The summed E-state index contributed by atoms with van der Waals surface area (Å²) in [6.07, 6.45) is 1.58. The van der Waals surface area contributed by atoms with E-state index >= 15 is 0 Å². The molecule has 3 N–H and O–H groups in total. The van der Waals surface area contributed by atoms with Crippen LogP contribution in [0.25, 0.3) is 11.0 Å². The maximum atomic E-state index is 11.2. The Bertz CT molecular complexity index is 864. The lowest BCUT2D eigenvalue weighted by molar-refractivity contribution is 0.474. The van der Waals surface area contributed by atoms with E-state index < -0.39 is 0 Å². The Morgan fingerprint density at radius 2 is 1.90 bits per heavy atom. The standard InChI is InChI=1S/C14H10BrN3O2/c15-9-1-4-13(19)8(5-9)7-16-10-2-3-11-12(6-10)18-14(20)17-11/h1-7,19H,(H2,17,18,20). The molecule has 0 fully saturated rings. The van der Waals surface area contributed by atoms with Crippen molar-refractivity contribution < 1.29 is 5.11 Å². The molecule has 0 radical (unpaired) electrons. The van der Waals surface area contributed by atoms with Crippen molar-refractivity contribution in [1.82, 2.24) is 9.97 Å². The molecule has 0 unspecified atom stereocenters. The van der Waals surface area contributed by atoms with Crippen molar-refractivity contribution in [3.63, 3.8) is 0 Å². The fourth-order valence-corrected chi connectivity index (χ4v) is 2.25. The number of hydrogen-bond acceptors (Lipinski definition) is 3. The Kier molecular flexibility index (Phi) is 3.15.